The highest BCUT2D eigenvalue weighted by Crippen LogP contribution is 2.31. The molecule has 0 radical (unpaired) electrons. The molecule has 31 heavy (non-hydrogen) atoms. The Morgan fingerprint density at radius 1 is 0.903 bits per heavy atom. The summed E-state index contributed by atoms with van der Waals surface area (Å²) in [5, 5.41) is 5.69. The molecule has 3 saturated heterocycles. The van der Waals surface area contributed by atoms with Crippen molar-refractivity contribution < 1.29 is 19.2 Å². The van der Waals surface area contributed by atoms with Gasteiger partial charge in [0.05, 0.1) is 11.1 Å². The van der Waals surface area contributed by atoms with Gasteiger partial charge < -0.3 is 5.32 Å². The Hall–Kier alpha value is -2.58. The summed E-state index contributed by atoms with van der Waals surface area (Å²) in [4.78, 5) is 52.9. The van der Waals surface area contributed by atoms with E-state index in [1.54, 1.807) is 12.1 Å². The monoisotopic (exact) mass is 424 g/mol. The van der Waals surface area contributed by atoms with Crippen LogP contribution in [0.4, 0.5) is 0 Å². The van der Waals surface area contributed by atoms with Gasteiger partial charge in [-0.05, 0) is 81.4 Å². The first-order valence-electron chi connectivity index (χ1n) is 11.3. The van der Waals surface area contributed by atoms with Crippen molar-refractivity contribution in [1.82, 2.24) is 20.4 Å². The molecule has 0 spiro atoms. The summed E-state index contributed by atoms with van der Waals surface area (Å²) in [7, 11) is 0. The van der Waals surface area contributed by atoms with E-state index in [-0.39, 0.29) is 18.7 Å². The Kier molecular flexibility index (Phi) is 5.35. The van der Waals surface area contributed by atoms with Gasteiger partial charge in [-0.2, -0.15) is 0 Å². The van der Waals surface area contributed by atoms with Crippen LogP contribution in [0.15, 0.2) is 18.2 Å². The number of amides is 4. The number of piperidine rings is 2. The van der Waals surface area contributed by atoms with Crippen molar-refractivity contribution in [2.75, 3.05) is 26.2 Å². The van der Waals surface area contributed by atoms with Gasteiger partial charge in [0.1, 0.15) is 6.04 Å². The SMILES string of the molecule is O=C1CCC(N2C(=O)c3ccc(CN4CCC(C5CCNC5)CC4)cc3C2=O)C(=O)N1. The molecule has 1 aromatic rings. The van der Waals surface area contributed by atoms with Crippen LogP contribution in [0.2, 0.25) is 0 Å². The van der Waals surface area contributed by atoms with Crippen molar-refractivity contribution in [3.8, 4) is 0 Å². The van der Waals surface area contributed by atoms with Crippen molar-refractivity contribution in [2.45, 2.75) is 44.7 Å². The Morgan fingerprint density at radius 3 is 2.39 bits per heavy atom. The van der Waals surface area contributed by atoms with Crippen LogP contribution in [0, 0.1) is 11.8 Å². The number of rotatable bonds is 4. The van der Waals surface area contributed by atoms with E-state index < -0.39 is 23.8 Å². The summed E-state index contributed by atoms with van der Waals surface area (Å²) in [6.45, 7) is 5.14. The minimum atomic E-state index is -0.919. The topological polar surface area (TPSA) is 98.8 Å². The molecule has 4 amide bonds. The van der Waals surface area contributed by atoms with Gasteiger partial charge in [0, 0.05) is 13.0 Å². The molecule has 4 aliphatic rings. The van der Waals surface area contributed by atoms with E-state index in [2.05, 4.69) is 15.5 Å². The van der Waals surface area contributed by atoms with Gasteiger partial charge in [-0.15, -0.1) is 0 Å². The summed E-state index contributed by atoms with van der Waals surface area (Å²) in [5.74, 6) is -0.230. The molecule has 2 atom stereocenters. The van der Waals surface area contributed by atoms with E-state index in [0.717, 1.165) is 55.0 Å². The molecule has 4 heterocycles. The van der Waals surface area contributed by atoms with Crippen LogP contribution >= 0.6 is 0 Å². The summed E-state index contributed by atoms with van der Waals surface area (Å²) in [6.07, 6.45) is 4.00. The van der Waals surface area contributed by atoms with Gasteiger partial charge in [-0.3, -0.25) is 34.3 Å². The maximum atomic E-state index is 13.0. The van der Waals surface area contributed by atoms with Crippen LogP contribution in [0.25, 0.3) is 0 Å². The molecule has 2 unspecified atom stereocenters. The Labute approximate surface area is 181 Å². The Morgan fingerprint density at radius 2 is 1.68 bits per heavy atom. The highest BCUT2D eigenvalue weighted by atomic mass is 16.2. The molecular weight excluding hydrogens is 396 g/mol. The number of hydrogen-bond acceptors (Lipinski definition) is 6. The zero-order chi connectivity index (χ0) is 21.5. The Balaban J connectivity index is 1.25. The molecule has 4 aliphatic heterocycles. The predicted octanol–water partition coefficient (Wildman–Crippen LogP) is 0.909. The number of nitrogens with one attached hydrogen (secondary N) is 2. The van der Waals surface area contributed by atoms with E-state index in [1.165, 1.54) is 19.3 Å². The van der Waals surface area contributed by atoms with Crippen LogP contribution in [0.5, 0.6) is 0 Å². The lowest BCUT2D eigenvalue weighted by molar-refractivity contribution is -0.136. The second kappa shape index (κ2) is 8.16. The summed E-state index contributed by atoms with van der Waals surface area (Å²) in [5.41, 5.74) is 1.70. The van der Waals surface area contributed by atoms with E-state index in [9.17, 15) is 19.2 Å². The normalized spacial score (nSPS) is 27.7. The molecule has 164 valence electrons. The number of fused-ring (bicyclic) bond motifs is 1. The number of carbonyl (C=O) groups is 4. The zero-order valence-electron chi connectivity index (χ0n) is 17.6. The summed E-state index contributed by atoms with van der Waals surface area (Å²) in [6, 6.07) is 4.49. The van der Waals surface area contributed by atoms with Crippen molar-refractivity contribution in [3.05, 3.63) is 34.9 Å². The van der Waals surface area contributed by atoms with Crippen molar-refractivity contribution in [1.29, 1.82) is 0 Å². The number of hydrogen-bond donors (Lipinski definition) is 2. The highest BCUT2D eigenvalue weighted by molar-refractivity contribution is 6.23. The minimum Gasteiger partial charge on any atom is -0.316 e. The van der Waals surface area contributed by atoms with Crippen LogP contribution in [0.1, 0.15) is 58.4 Å². The molecule has 0 saturated carbocycles. The van der Waals surface area contributed by atoms with E-state index in [4.69, 9.17) is 0 Å². The minimum absolute atomic E-state index is 0.127. The maximum Gasteiger partial charge on any atom is 0.262 e. The molecule has 0 bridgehead atoms. The van der Waals surface area contributed by atoms with Gasteiger partial charge in [0.2, 0.25) is 11.8 Å². The fourth-order valence-electron chi connectivity index (χ4n) is 5.54. The largest absolute Gasteiger partial charge is 0.316 e. The lowest BCUT2D eigenvalue weighted by Gasteiger charge is -2.34. The van der Waals surface area contributed by atoms with E-state index in [0.29, 0.717) is 11.1 Å². The van der Waals surface area contributed by atoms with Crippen molar-refractivity contribution in [3.63, 3.8) is 0 Å². The smallest absolute Gasteiger partial charge is 0.262 e. The lowest BCUT2D eigenvalue weighted by atomic mass is 9.83. The predicted molar refractivity (Wildman–Crippen MR) is 112 cm³/mol. The third kappa shape index (κ3) is 3.78. The highest BCUT2D eigenvalue weighted by Gasteiger charge is 2.44. The molecule has 3 fully saturated rings. The maximum absolute atomic E-state index is 13.0. The van der Waals surface area contributed by atoms with Gasteiger partial charge >= 0.3 is 0 Å². The lowest BCUT2D eigenvalue weighted by Crippen LogP contribution is -2.54. The molecular formula is C23H28N4O4. The molecule has 2 N–H and O–H groups in total. The van der Waals surface area contributed by atoms with Gasteiger partial charge in [-0.1, -0.05) is 6.07 Å². The van der Waals surface area contributed by atoms with Gasteiger partial charge in [0.25, 0.3) is 11.8 Å². The Bertz CT molecular complexity index is 932. The first-order chi connectivity index (χ1) is 15.0. The third-order valence-electron chi connectivity index (χ3n) is 7.31. The zero-order valence-corrected chi connectivity index (χ0v) is 17.6. The fraction of sp³-hybridized carbons (Fsp3) is 0.565. The number of nitrogens with zero attached hydrogens (tertiary/aromatic N) is 2. The molecule has 1 aromatic carbocycles. The average molecular weight is 425 g/mol. The number of likely N-dealkylation sites (tertiary alicyclic amines) is 1. The van der Waals surface area contributed by atoms with Crippen LogP contribution in [0.3, 0.4) is 0 Å². The third-order valence-corrected chi connectivity index (χ3v) is 7.31. The fourth-order valence-corrected chi connectivity index (χ4v) is 5.54. The van der Waals surface area contributed by atoms with Gasteiger partial charge in [-0.25, -0.2) is 0 Å². The molecule has 5 rings (SSSR count). The molecule has 0 aromatic heterocycles. The van der Waals surface area contributed by atoms with Crippen LogP contribution < -0.4 is 10.6 Å². The molecule has 8 nitrogen and oxygen atoms in total. The van der Waals surface area contributed by atoms with Crippen LogP contribution in [-0.2, 0) is 16.1 Å². The number of benzene rings is 1. The first kappa shape index (κ1) is 20.3. The van der Waals surface area contributed by atoms with Crippen LogP contribution in [-0.4, -0.2) is 65.6 Å². The molecule has 0 aliphatic carbocycles. The standard InChI is InChI=1S/C23H28N4O4/c28-20-4-3-19(21(29)25-20)27-22(30)17-2-1-14(11-18(17)23(27)31)13-26-9-6-15(7-10-26)16-5-8-24-12-16/h1-2,11,15-16,19,24H,3-10,12-13H2,(H,25,28,29). The average Bonchev–Trinajstić information content (AvgIpc) is 3.37. The summed E-state index contributed by atoms with van der Waals surface area (Å²) < 4.78 is 0. The van der Waals surface area contributed by atoms with Gasteiger partial charge in [0.15, 0.2) is 0 Å². The second-order valence-corrected chi connectivity index (χ2v) is 9.19. The summed E-state index contributed by atoms with van der Waals surface area (Å²) >= 11 is 0. The number of imide groups is 2. The molecule has 8 heteroatoms. The van der Waals surface area contributed by atoms with E-state index in [1.807, 2.05) is 6.07 Å². The van der Waals surface area contributed by atoms with Crippen molar-refractivity contribution in [2.24, 2.45) is 11.8 Å². The second-order valence-electron chi connectivity index (χ2n) is 9.19. The first-order valence-corrected chi connectivity index (χ1v) is 11.3. The quantitative estimate of drug-likeness (QED) is 0.697. The van der Waals surface area contributed by atoms with E-state index >= 15 is 0 Å². The number of carbonyl (C=O) groups excluding carboxylic acids is 4. The van der Waals surface area contributed by atoms with Crippen molar-refractivity contribution >= 4 is 23.6 Å².